The Morgan fingerprint density at radius 3 is 2.67 bits per heavy atom. The largest absolute Gasteiger partial charge is 0.356 e. The summed E-state index contributed by atoms with van der Waals surface area (Å²) < 4.78 is 2.04. The molecule has 2 rings (SSSR count). The fourth-order valence-electron chi connectivity index (χ4n) is 2.44. The van der Waals surface area contributed by atoms with Gasteiger partial charge in [0.15, 0.2) is 5.96 Å². The van der Waals surface area contributed by atoms with Crippen LogP contribution in [0.25, 0.3) is 0 Å². The molecule has 2 N–H and O–H groups in total. The smallest absolute Gasteiger partial charge is 0.190 e. The standard InChI is InChI=1S/C17H25ClN6/c1-13-11-14(2)24(23-13)10-4-8-20-17(19-3)21-9-7-15-5-6-16(18)22-12-15/h5-6,11-12H,4,7-10H2,1-3H3,(H2,19,20,21). The van der Waals surface area contributed by atoms with Crippen LogP contribution in [0.1, 0.15) is 23.4 Å². The van der Waals surface area contributed by atoms with Crippen molar-refractivity contribution in [2.75, 3.05) is 20.1 Å². The Hall–Kier alpha value is -2.08. The summed E-state index contributed by atoms with van der Waals surface area (Å²) in [7, 11) is 1.78. The highest BCUT2D eigenvalue weighted by Gasteiger charge is 2.01. The fourth-order valence-corrected chi connectivity index (χ4v) is 2.55. The van der Waals surface area contributed by atoms with E-state index in [2.05, 4.69) is 38.7 Å². The first-order valence-electron chi connectivity index (χ1n) is 8.14. The zero-order chi connectivity index (χ0) is 17.4. The van der Waals surface area contributed by atoms with Crippen LogP contribution in [0.4, 0.5) is 0 Å². The monoisotopic (exact) mass is 348 g/mol. The molecule has 0 aliphatic rings. The number of nitrogens with one attached hydrogen (secondary N) is 2. The van der Waals surface area contributed by atoms with E-state index in [1.54, 1.807) is 13.2 Å². The van der Waals surface area contributed by atoms with Crippen molar-refractivity contribution in [3.8, 4) is 0 Å². The van der Waals surface area contributed by atoms with E-state index in [1.165, 1.54) is 5.69 Å². The SMILES string of the molecule is CN=C(NCCCn1nc(C)cc1C)NCCc1ccc(Cl)nc1. The molecule has 130 valence electrons. The highest BCUT2D eigenvalue weighted by Crippen LogP contribution is 2.05. The third-order valence-electron chi connectivity index (χ3n) is 3.66. The Bertz CT molecular complexity index is 662. The van der Waals surface area contributed by atoms with E-state index >= 15 is 0 Å². The van der Waals surface area contributed by atoms with Gasteiger partial charge in [-0.1, -0.05) is 17.7 Å². The number of nitrogens with zero attached hydrogens (tertiary/aromatic N) is 4. The lowest BCUT2D eigenvalue weighted by Crippen LogP contribution is -2.39. The van der Waals surface area contributed by atoms with E-state index in [1.807, 2.05) is 23.7 Å². The maximum Gasteiger partial charge on any atom is 0.190 e. The zero-order valence-electron chi connectivity index (χ0n) is 14.5. The molecule has 0 aromatic carbocycles. The van der Waals surface area contributed by atoms with E-state index in [4.69, 9.17) is 11.6 Å². The number of aryl methyl sites for hydroxylation is 3. The second-order valence-corrected chi connectivity index (χ2v) is 6.06. The number of guanidine groups is 1. The van der Waals surface area contributed by atoms with Gasteiger partial charge in [0.25, 0.3) is 0 Å². The molecule has 2 heterocycles. The second kappa shape index (κ2) is 9.27. The molecule has 0 aliphatic carbocycles. The third-order valence-corrected chi connectivity index (χ3v) is 3.88. The van der Waals surface area contributed by atoms with Crippen LogP contribution in [0.15, 0.2) is 29.4 Å². The molecule has 0 aliphatic heterocycles. The molecule has 0 saturated carbocycles. The average Bonchev–Trinajstić information content (AvgIpc) is 2.89. The van der Waals surface area contributed by atoms with Gasteiger partial charge in [-0.25, -0.2) is 4.98 Å². The Balaban J connectivity index is 1.65. The summed E-state index contributed by atoms with van der Waals surface area (Å²) in [6.45, 7) is 6.64. The number of rotatable bonds is 7. The van der Waals surface area contributed by atoms with Crippen LogP contribution in [0.5, 0.6) is 0 Å². The molecule has 6 nitrogen and oxygen atoms in total. The van der Waals surface area contributed by atoms with Crippen molar-refractivity contribution in [3.63, 3.8) is 0 Å². The van der Waals surface area contributed by atoms with Crippen LogP contribution in [0, 0.1) is 13.8 Å². The minimum absolute atomic E-state index is 0.520. The van der Waals surface area contributed by atoms with Crippen LogP contribution in [0.2, 0.25) is 5.15 Å². The first-order chi connectivity index (χ1) is 11.6. The van der Waals surface area contributed by atoms with E-state index in [0.29, 0.717) is 5.15 Å². The Morgan fingerprint density at radius 1 is 1.25 bits per heavy atom. The molecule has 0 bridgehead atoms. The van der Waals surface area contributed by atoms with Crippen LogP contribution >= 0.6 is 11.6 Å². The summed E-state index contributed by atoms with van der Waals surface area (Å²) in [6.07, 6.45) is 3.66. The van der Waals surface area contributed by atoms with Gasteiger partial charge in [0, 0.05) is 38.6 Å². The predicted octanol–water partition coefficient (Wildman–Crippen LogP) is 2.35. The minimum Gasteiger partial charge on any atom is -0.356 e. The van der Waals surface area contributed by atoms with Crippen molar-refractivity contribution in [3.05, 3.63) is 46.5 Å². The van der Waals surface area contributed by atoms with E-state index in [-0.39, 0.29) is 0 Å². The zero-order valence-corrected chi connectivity index (χ0v) is 15.3. The first kappa shape index (κ1) is 18.3. The normalized spacial score (nSPS) is 11.6. The summed E-state index contributed by atoms with van der Waals surface area (Å²) in [5.41, 5.74) is 3.41. The summed E-state index contributed by atoms with van der Waals surface area (Å²) in [6, 6.07) is 5.89. The van der Waals surface area contributed by atoms with Gasteiger partial charge in [-0.05, 0) is 44.4 Å². The molecule has 0 unspecified atom stereocenters. The predicted molar refractivity (Wildman–Crippen MR) is 98.6 cm³/mol. The second-order valence-electron chi connectivity index (χ2n) is 5.67. The summed E-state index contributed by atoms with van der Waals surface area (Å²) >= 11 is 5.78. The highest BCUT2D eigenvalue weighted by molar-refractivity contribution is 6.29. The van der Waals surface area contributed by atoms with Gasteiger partial charge in [-0.3, -0.25) is 9.67 Å². The molecule has 0 spiro atoms. The summed E-state index contributed by atoms with van der Waals surface area (Å²) in [4.78, 5) is 8.31. The summed E-state index contributed by atoms with van der Waals surface area (Å²) in [5, 5.41) is 11.6. The quantitative estimate of drug-likeness (QED) is 0.349. The topological polar surface area (TPSA) is 67.1 Å². The van der Waals surface area contributed by atoms with Crippen molar-refractivity contribution >= 4 is 17.6 Å². The molecular weight excluding hydrogens is 324 g/mol. The van der Waals surface area contributed by atoms with Crippen molar-refractivity contribution in [1.29, 1.82) is 0 Å². The molecule has 7 heteroatoms. The van der Waals surface area contributed by atoms with Gasteiger partial charge in [-0.15, -0.1) is 0 Å². The van der Waals surface area contributed by atoms with Crippen molar-refractivity contribution in [2.45, 2.75) is 33.2 Å². The van der Waals surface area contributed by atoms with Gasteiger partial charge >= 0.3 is 0 Å². The minimum atomic E-state index is 0.520. The van der Waals surface area contributed by atoms with Gasteiger partial charge < -0.3 is 10.6 Å². The van der Waals surface area contributed by atoms with Crippen LogP contribution in [0.3, 0.4) is 0 Å². The average molecular weight is 349 g/mol. The van der Waals surface area contributed by atoms with Gasteiger partial charge in [-0.2, -0.15) is 5.10 Å². The molecule has 0 amide bonds. The van der Waals surface area contributed by atoms with Crippen LogP contribution < -0.4 is 10.6 Å². The van der Waals surface area contributed by atoms with Crippen LogP contribution in [-0.2, 0) is 13.0 Å². The lowest BCUT2D eigenvalue weighted by molar-refractivity contribution is 0.555. The number of aliphatic imine (C=N–C) groups is 1. The van der Waals surface area contributed by atoms with E-state index < -0.39 is 0 Å². The number of hydrogen-bond acceptors (Lipinski definition) is 3. The molecule has 0 atom stereocenters. The Labute approximate surface area is 148 Å². The van der Waals surface area contributed by atoms with Crippen LogP contribution in [-0.4, -0.2) is 40.9 Å². The van der Waals surface area contributed by atoms with Gasteiger partial charge in [0.1, 0.15) is 5.15 Å². The lowest BCUT2D eigenvalue weighted by atomic mass is 10.2. The summed E-state index contributed by atoms with van der Waals surface area (Å²) in [5.74, 6) is 0.810. The Morgan fingerprint density at radius 2 is 2.04 bits per heavy atom. The molecule has 0 fully saturated rings. The number of halogens is 1. The maximum absolute atomic E-state index is 5.78. The van der Waals surface area contributed by atoms with Gasteiger partial charge in [0.05, 0.1) is 5.69 Å². The number of aromatic nitrogens is 3. The molecule has 2 aromatic heterocycles. The molecule has 24 heavy (non-hydrogen) atoms. The molecule has 2 aromatic rings. The number of hydrogen-bond donors (Lipinski definition) is 2. The fraction of sp³-hybridized carbons (Fsp3) is 0.471. The lowest BCUT2D eigenvalue weighted by Gasteiger charge is -2.12. The van der Waals surface area contributed by atoms with Crippen molar-refractivity contribution in [1.82, 2.24) is 25.4 Å². The van der Waals surface area contributed by atoms with E-state index in [0.717, 1.165) is 49.7 Å². The molecule has 0 radical (unpaired) electrons. The number of pyridine rings is 1. The van der Waals surface area contributed by atoms with Gasteiger partial charge in [0.2, 0.25) is 0 Å². The van der Waals surface area contributed by atoms with Crippen molar-refractivity contribution < 1.29 is 0 Å². The molecule has 0 saturated heterocycles. The van der Waals surface area contributed by atoms with E-state index in [9.17, 15) is 0 Å². The maximum atomic E-state index is 5.78. The third kappa shape index (κ3) is 5.85. The first-order valence-corrected chi connectivity index (χ1v) is 8.52. The van der Waals surface area contributed by atoms with Crippen molar-refractivity contribution in [2.24, 2.45) is 4.99 Å². The molecular formula is C17H25ClN6. The Kier molecular flexibility index (Phi) is 7.06. The highest BCUT2D eigenvalue weighted by atomic mass is 35.5.